The van der Waals surface area contributed by atoms with Crippen molar-refractivity contribution in [2.24, 2.45) is 0 Å². The maximum atomic E-state index is 13.1. The number of nitrogens with zero attached hydrogens (tertiary/aromatic N) is 4. The summed E-state index contributed by atoms with van der Waals surface area (Å²) in [6, 6.07) is 25.6. The number of aromatic nitrogens is 3. The Kier molecular flexibility index (Phi) is 6.15. The lowest BCUT2D eigenvalue weighted by atomic mass is 10.1. The van der Waals surface area contributed by atoms with Gasteiger partial charge in [0.2, 0.25) is 0 Å². The Bertz CT molecular complexity index is 1110. The van der Waals surface area contributed by atoms with E-state index in [0.717, 1.165) is 22.2 Å². The molecular formula is C24H24N4O2. The van der Waals surface area contributed by atoms with Crippen LogP contribution < -0.4 is 0 Å². The van der Waals surface area contributed by atoms with Crippen molar-refractivity contribution in [3.8, 4) is 0 Å². The minimum atomic E-state index is -0.00587. The lowest BCUT2D eigenvalue weighted by Gasteiger charge is -2.23. The van der Waals surface area contributed by atoms with Gasteiger partial charge in [-0.15, -0.1) is 5.10 Å². The Labute approximate surface area is 175 Å². The van der Waals surface area contributed by atoms with Crippen molar-refractivity contribution in [1.29, 1.82) is 0 Å². The summed E-state index contributed by atoms with van der Waals surface area (Å²) < 4.78 is 7.07. The number of benzene rings is 3. The van der Waals surface area contributed by atoms with E-state index in [-0.39, 0.29) is 5.91 Å². The number of carbonyl (C=O) groups excluding carboxylic acids is 1. The quantitative estimate of drug-likeness (QED) is 0.452. The maximum absolute atomic E-state index is 13.1. The molecule has 4 aromatic rings. The van der Waals surface area contributed by atoms with E-state index >= 15 is 0 Å². The first kappa shape index (κ1) is 19.8. The van der Waals surface area contributed by atoms with Gasteiger partial charge in [0.05, 0.1) is 18.7 Å². The molecule has 1 amide bonds. The van der Waals surface area contributed by atoms with Crippen LogP contribution in [0.25, 0.3) is 11.0 Å². The van der Waals surface area contributed by atoms with E-state index in [2.05, 4.69) is 10.3 Å². The number of para-hydroxylation sites is 1. The largest absolute Gasteiger partial charge is 0.383 e. The van der Waals surface area contributed by atoms with Gasteiger partial charge in [0.1, 0.15) is 5.52 Å². The van der Waals surface area contributed by atoms with Crippen LogP contribution in [0.2, 0.25) is 0 Å². The summed E-state index contributed by atoms with van der Waals surface area (Å²) in [5.74, 6) is -0.00587. The Morgan fingerprint density at radius 3 is 2.43 bits per heavy atom. The molecule has 0 radical (unpaired) electrons. The zero-order chi connectivity index (χ0) is 20.8. The highest BCUT2D eigenvalue weighted by Crippen LogP contribution is 2.15. The lowest BCUT2D eigenvalue weighted by molar-refractivity contribution is 0.0680. The predicted octanol–water partition coefficient (Wildman–Crippen LogP) is 3.77. The summed E-state index contributed by atoms with van der Waals surface area (Å²) in [6.45, 7) is 2.19. The van der Waals surface area contributed by atoms with Gasteiger partial charge in [-0.3, -0.25) is 4.79 Å². The number of hydrogen-bond donors (Lipinski definition) is 0. The average Bonchev–Trinajstić information content (AvgIpc) is 3.20. The summed E-state index contributed by atoms with van der Waals surface area (Å²) in [4.78, 5) is 14.9. The SMILES string of the molecule is COCCN(Cc1ccccc1)C(=O)c1ccc(Cn2nnc3ccccc32)cc1. The van der Waals surface area contributed by atoms with Crippen LogP contribution >= 0.6 is 0 Å². The third kappa shape index (κ3) is 4.55. The van der Waals surface area contributed by atoms with E-state index in [4.69, 9.17) is 4.74 Å². The summed E-state index contributed by atoms with van der Waals surface area (Å²) in [5, 5.41) is 8.43. The van der Waals surface area contributed by atoms with E-state index in [1.54, 1.807) is 7.11 Å². The Hall–Kier alpha value is -3.51. The molecule has 0 aliphatic rings. The van der Waals surface area contributed by atoms with Crippen molar-refractivity contribution in [1.82, 2.24) is 19.9 Å². The Morgan fingerprint density at radius 2 is 1.67 bits per heavy atom. The van der Waals surface area contributed by atoms with E-state index in [1.165, 1.54) is 0 Å². The van der Waals surface area contributed by atoms with Gasteiger partial charge >= 0.3 is 0 Å². The van der Waals surface area contributed by atoms with Crippen molar-refractivity contribution in [3.63, 3.8) is 0 Å². The monoisotopic (exact) mass is 400 g/mol. The minimum absolute atomic E-state index is 0.00587. The molecule has 30 heavy (non-hydrogen) atoms. The molecule has 3 aromatic carbocycles. The number of hydrogen-bond acceptors (Lipinski definition) is 4. The molecule has 0 saturated heterocycles. The van der Waals surface area contributed by atoms with Gasteiger partial charge in [0.15, 0.2) is 0 Å². The number of rotatable bonds is 8. The fourth-order valence-electron chi connectivity index (χ4n) is 3.40. The van der Waals surface area contributed by atoms with Crippen LogP contribution in [0.4, 0.5) is 0 Å². The highest BCUT2D eigenvalue weighted by atomic mass is 16.5. The third-order valence-electron chi connectivity index (χ3n) is 5.02. The van der Waals surface area contributed by atoms with Crippen molar-refractivity contribution >= 4 is 16.9 Å². The summed E-state index contributed by atoms with van der Waals surface area (Å²) in [5.41, 5.74) is 4.69. The molecule has 0 aliphatic carbocycles. The molecule has 0 fully saturated rings. The maximum Gasteiger partial charge on any atom is 0.254 e. The summed E-state index contributed by atoms with van der Waals surface area (Å²) in [7, 11) is 1.65. The van der Waals surface area contributed by atoms with E-state index < -0.39 is 0 Å². The molecule has 0 unspecified atom stereocenters. The van der Waals surface area contributed by atoms with E-state index in [9.17, 15) is 4.79 Å². The molecule has 0 saturated carbocycles. The zero-order valence-electron chi connectivity index (χ0n) is 16.9. The zero-order valence-corrected chi connectivity index (χ0v) is 16.9. The Morgan fingerprint density at radius 1 is 0.933 bits per heavy atom. The van der Waals surface area contributed by atoms with Gasteiger partial charge in [-0.25, -0.2) is 4.68 Å². The predicted molar refractivity (Wildman–Crippen MR) is 116 cm³/mol. The van der Waals surface area contributed by atoms with Crippen LogP contribution in [-0.2, 0) is 17.8 Å². The molecule has 6 heteroatoms. The van der Waals surface area contributed by atoms with Gasteiger partial charge in [-0.2, -0.15) is 0 Å². The van der Waals surface area contributed by atoms with E-state index in [1.807, 2.05) is 88.4 Å². The highest BCUT2D eigenvalue weighted by molar-refractivity contribution is 5.94. The molecule has 1 heterocycles. The number of amides is 1. The van der Waals surface area contributed by atoms with Crippen LogP contribution in [0, 0.1) is 0 Å². The third-order valence-corrected chi connectivity index (χ3v) is 5.02. The standard InChI is InChI=1S/C24H24N4O2/c1-30-16-15-27(17-19-7-3-2-4-8-19)24(29)21-13-11-20(12-14-21)18-28-23-10-6-5-9-22(23)25-26-28/h2-14H,15-18H2,1H3. The van der Waals surface area contributed by atoms with Crippen molar-refractivity contribution in [2.75, 3.05) is 20.3 Å². The molecule has 0 bridgehead atoms. The van der Waals surface area contributed by atoms with Crippen molar-refractivity contribution < 1.29 is 9.53 Å². The summed E-state index contributed by atoms with van der Waals surface area (Å²) >= 11 is 0. The molecule has 0 aliphatic heterocycles. The van der Waals surface area contributed by atoms with Crippen molar-refractivity contribution in [2.45, 2.75) is 13.1 Å². The molecule has 0 spiro atoms. The smallest absolute Gasteiger partial charge is 0.254 e. The second-order valence-corrected chi connectivity index (χ2v) is 7.14. The Balaban J connectivity index is 1.49. The number of fused-ring (bicyclic) bond motifs is 1. The van der Waals surface area contributed by atoms with E-state index in [0.29, 0.717) is 31.8 Å². The second kappa shape index (κ2) is 9.33. The average molecular weight is 400 g/mol. The molecular weight excluding hydrogens is 376 g/mol. The lowest BCUT2D eigenvalue weighted by Crippen LogP contribution is -2.33. The normalized spacial score (nSPS) is 11.0. The van der Waals surface area contributed by atoms with Crippen LogP contribution in [0.3, 0.4) is 0 Å². The molecule has 1 aromatic heterocycles. The van der Waals surface area contributed by atoms with Crippen LogP contribution in [-0.4, -0.2) is 46.1 Å². The number of carbonyl (C=O) groups is 1. The minimum Gasteiger partial charge on any atom is -0.383 e. The highest BCUT2D eigenvalue weighted by Gasteiger charge is 2.16. The van der Waals surface area contributed by atoms with Gasteiger partial charge in [-0.05, 0) is 35.4 Å². The van der Waals surface area contributed by atoms with Crippen LogP contribution in [0.5, 0.6) is 0 Å². The van der Waals surface area contributed by atoms with Gasteiger partial charge in [-0.1, -0.05) is 59.8 Å². The van der Waals surface area contributed by atoms with Crippen LogP contribution in [0.15, 0.2) is 78.9 Å². The van der Waals surface area contributed by atoms with Crippen molar-refractivity contribution in [3.05, 3.63) is 95.6 Å². The molecule has 0 N–H and O–H groups in total. The van der Waals surface area contributed by atoms with Gasteiger partial charge < -0.3 is 9.64 Å². The first-order chi connectivity index (χ1) is 14.7. The fourth-order valence-corrected chi connectivity index (χ4v) is 3.40. The number of methoxy groups -OCH3 is 1. The van der Waals surface area contributed by atoms with Gasteiger partial charge in [0.25, 0.3) is 5.91 Å². The molecule has 152 valence electrons. The topological polar surface area (TPSA) is 60.2 Å². The fraction of sp³-hybridized carbons (Fsp3) is 0.208. The summed E-state index contributed by atoms with van der Waals surface area (Å²) in [6.07, 6.45) is 0. The first-order valence-corrected chi connectivity index (χ1v) is 9.94. The number of ether oxygens (including phenoxy) is 1. The first-order valence-electron chi connectivity index (χ1n) is 9.94. The molecule has 6 nitrogen and oxygen atoms in total. The van der Waals surface area contributed by atoms with Gasteiger partial charge in [0, 0.05) is 25.8 Å². The van der Waals surface area contributed by atoms with Crippen LogP contribution in [0.1, 0.15) is 21.5 Å². The second-order valence-electron chi connectivity index (χ2n) is 7.14. The molecule has 0 atom stereocenters. The molecule has 4 rings (SSSR count).